The van der Waals surface area contributed by atoms with Crippen molar-refractivity contribution in [2.45, 2.75) is 36.9 Å². The second kappa shape index (κ2) is 10.0. The zero-order chi connectivity index (χ0) is 25.3. The summed E-state index contributed by atoms with van der Waals surface area (Å²) in [4.78, 5) is 0.182. The number of hydrogen-bond acceptors (Lipinski definition) is 6. The summed E-state index contributed by atoms with van der Waals surface area (Å²) < 4.78 is 79.4. The van der Waals surface area contributed by atoms with Gasteiger partial charge in [-0.1, -0.05) is 76.6 Å². The molecule has 0 radical (unpaired) electrons. The first-order valence-corrected chi connectivity index (χ1v) is 16.3. The first-order valence-electron chi connectivity index (χ1n) is 10.8. The molecule has 0 aliphatic heterocycles. The van der Waals surface area contributed by atoms with Crippen molar-refractivity contribution >= 4 is 45.4 Å². The van der Waals surface area contributed by atoms with Crippen LogP contribution in [-0.2, 0) is 29.5 Å². The molecule has 6 nitrogen and oxygen atoms in total. The molecule has 3 atom stereocenters. The molecule has 0 saturated carbocycles. The van der Waals surface area contributed by atoms with Crippen LogP contribution in [0.2, 0.25) is 0 Å². The van der Waals surface area contributed by atoms with E-state index in [0.29, 0.717) is 0 Å². The maximum atomic E-state index is 13.6. The third kappa shape index (κ3) is 5.02. The summed E-state index contributed by atoms with van der Waals surface area (Å²) in [5, 5.41) is -1.14. The van der Waals surface area contributed by atoms with E-state index in [-0.39, 0.29) is 32.4 Å². The lowest BCUT2D eigenvalue weighted by atomic mass is 9.95. The molecule has 1 unspecified atom stereocenters. The lowest BCUT2D eigenvalue weighted by Crippen LogP contribution is -2.41. The van der Waals surface area contributed by atoms with Gasteiger partial charge >= 0.3 is 0 Å². The number of benzene rings is 3. The van der Waals surface area contributed by atoms with E-state index in [0.717, 1.165) is 0 Å². The van der Waals surface area contributed by atoms with Crippen LogP contribution in [0.3, 0.4) is 0 Å². The molecule has 0 amide bonds. The summed E-state index contributed by atoms with van der Waals surface area (Å²) in [6.45, 7) is 0. The Morgan fingerprint density at radius 2 is 1.11 bits per heavy atom. The van der Waals surface area contributed by atoms with Crippen LogP contribution in [0.15, 0.2) is 117 Å². The van der Waals surface area contributed by atoms with Crippen molar-refractivity contribution in [3.8, 4) is 0 Å². The minimum atomic E-state index is -4.02. The quantitative estimate of drug-likeness (QED) is 0.364. The van der Waals surface area contributed by atoms with E-state index in [1.165, 1.54) is 42.5 Å². The van der Waals surface area contributed by atoms with E-state index < -0.39 is 44.8 Å². The Morgan fingerprint density at radius 1 is 0.657 bits per heavy atom. The molecule has 3 aromatic rings. The molecule has 10 heteroatoms. The standard InChI is InChI=1S/C25H23BrO6S3/c26-25(35(31,32)21-14-8-3-9-15-21)23-18-22(33(27,28)19-10-4-1-5-11-19)16-17-24(23)34(29,30)20-12-6-2-7-13-20/h1-16,23-25H,17-18H2/t23-,24+,25?/m0/s1. The lowest BCUT2D eigenvalue weighted by Gasteiger charge is -2.34. The van der Waals surface area contributed by atoms with Gasteiger partial charge in [-0.2, -0.15) is 0 Å². The van der Waals surface area contributed by atoms with Gasteiger partial charge in [0, 0.05) is 10.8 Å². The van der Waals surface area contributed by atoms with Crippen molar-refractivity contribution in [2.75, 3.05) is 0 Å². The van der Waals surface area contributed by atoms with Gasteiger partial charge in [0.25, 0.3) is 0 Å². The lowest BCUT2D eigenvalue weighted by molar-refractivity contribution is 0.472. The number of alkyl halides is 1. The normalized spacial score (nSPS) is 20.1. The number of halogens is 1. The summed E-state index contributed by atoms with van der Waals surface area (Å²) in [5.74, 6) is -1.05. The first-order chi connectivity index (χ1) is 16.6. The Bertz CT molecular complexity index is 1540. The molecule has 0 aromatic heterocycles. The number of hydrogen-bond donors (Lipinski definition) is 0. The third-order valence-electron chi connectivity index (χ3n) is 6.07. The molecule has 1 aliphatic carbocycles. The molecule has 184 valence electrons. The van der Waals surface area contributed by atoms with Crippen molar-refractivity contribution in [3.05, 3.63) is 102 Å². The van der Waals surface area contributed by atoms with E-state index >= 15 is 0 Å². The van der Waals surface area contributed by atoms with Crippen LogP contribution < -0.4 is 0 Å². The molecule has 0 saturated heterocycles. The zero-order valence-corrected chi connectivity index (χ0v) is 22.5. The molecule has 1 aliphatic rings. The van der Waals surface area contributed by atoms with Gasteiger partial charge < -0.3 is 0 Å². The first kappa shape index (κ1) is 25.8. The van der Waals surface area contributed by atoms with Crippen LogP contribution in [-0.4, -0.2) is 34.7 Å². The number of rotatable bonds is 7. The summed E-state index contributed by atoms with van der Waals surface area (Å²) >= 11 is 3.28. The van der Waals surface area contributed by atoms with Crippen molar-refractivity contribution in [1.82, 2.24) is 0 Å². The summed E-state index contributed by atoms with van der Waals surface area (Å²) in [5.41, 5.74) is 0. The van der Waals surface area contributed by atoms with Crippen LogP contribution in [0.5, 0.6) is 0 Å². The van der Waals surface area contributed by atoms with E-state index in [2.05, 4.69) is 15.9 Å². The predicted octanol–water partition coefficient (Wildman–Crippen LogP) is 4.79. The van der Waals surface area contributed by atoms with Crippen molar-refractivity contribution in [1.29, 1.82) is 0 Å². The van der Waals surface area contributed by atoms with Gasteiger partial charge in [0.1, 0.15) is 4.16 Å². The summed E-state index contributed by atoms with van der Waals surface area (Å²) in [7, 11) is -11.9. The average molecular weight is 596 g/mol. The van der Waals surface area contributed by atoms with Crippen LogP contribution in [0, 0.1) is 5.92 Å². The fourth-order valence-corrected chi connectivity index (χ4v) is 10.8. The molecule has 0 bridgehead atoms. The highest BCUT2D eigenvalue weighted by Crippen LogP contribution is 2.42. The minimum Gasteiger partial charge on any atom is -0.223 e. The maximum Gasteiger partial charge on any atom is 0.202 e. The highest BCUT2D eigenvalue weighted by molar-refractivity contribution is 9.11. The fraction of sp³-hybridized carbons (Fsp3) is 0.200. The topological polar surface area (TPSA) is 102 Å². The van der Waals surface area contributed by atoms with Crippen molar-refractivity contribution in [2.24, 2.45) is 5.92 Å². The van der Waals surface area contributed by atoms with Gasteiger partial charge in [-0.05, 0) is 49.2 Å². The predicted molar refractivity (Wildman–Crippen MR) is 138 cm³/mol. The molecule has 3 aromatic carbocycles. The smallest absolute Gasteiger partial charge is 0.202 e. The SMILES string of the molecule is O=S(=O)(C1=CC[C@@H](S(=O)(=O)c2ccccc2)[C@@H](C(Br)S(=O)(=O)c2ccccc2)C1)c1ccccc1. The Balaban J connectivity index is 1.81. The third-order valence-corrected chi connectivity index (χ3v) is 14.3. The average Bonchev–Trinajstić information content (AvgIpc) is 2.89. The molecular formula is C25H23BrO6S3. The largest absolute Gasteiger partial charge is 0.223 e. The van der Waals surface area contributed by atoms with E-state index in [1.54, 1.807) is 54.6 Å². The van der Waals surface area contributed by atoms with E-state index in [1.807, 2.05) is 0 Å². The highest BCUT2D eigenvalue weighted by atomic mass is 79.9. The monoisotopic (exact) mass is 594 g/mol. The van der Waals surface area contributed by atoms with Crippen molar-refractivity contribution < 1.29 is 25.3 Å². The maximum absolute atomic E-state index is 13.6. The van der Waals surface area contributed by atoms with Crippen LogP contribution in [0.4, 0.5) is 0 Å². The molecule has 35 heavy (non-hydrogen) atoms. The van der Waals surface area contributed by atoms with Gasteiger partial charge in [-0.25, -0.2) is 25.3 Å². The highest BCUT2D eigenvalue weighted by Gasteiger charge is 2.46. The molecule has 4 rings (SSSR count). The second-order valence-electron chi connectivity index (χ2n) is 8.20. The molecule has 0 N–H and O–H groups in total. The Kier molecular flexibility index (Phi) is 7.38. The summed E-state index contributed by atoms with van der Waals surface area (Å²) in [6.07, 6.45) is 1.05. The molecular weight excluding hydrogens is 572 g/mol. The van der Waals surface area contributed by atoms with Crippen molar-refractivity contribution in [3.63, 3.8) is 0 Å². The van der Waals surface area contributed by atoms with Crippen LogP contribution in [0.1, 0.15) is 12.8 Å². The molecule has 0 spiro atoms. The summed E-state index contributed by atoms with van der Waals surface area (Å²) in [6, 6.07) is 23.3. The number of allylic oxidation sites excluding steroid dienone is 2. The fourth-order valence-electron chi connectivity index (χ4n) is 4.21. The van der Waals surface area contributed by atoms with Gasteiger partial charge in [-0.15, -0.1) is 0 Å². The van der Waals surface area contributed by atoms with Crippen LogP contribution >= 0.6 is 15.9 Å². The van der Waals surface area contributed by atoms with Gasteiger partial charge in [0.05, 0.1) is 19.9 Å². The van der Waals surface area contributed by atoms with Gasteiger partial charge in [0.15, 0.2) is 19.7 Å². The number of sulfone groups is 3. The molecule has 0 fully saturated rings. The Labute approximate surface area is 214 Å². The second-order valence-corrected chi connectivity index (χ2v) is 16.0. The van der Waals surface area contributed by atoms with Gasteiger partial charge in [0.2, 0.25) is 9.84 Å². The zero-order valence-electron chi connectivity index (χ0n) is 18.4. The van der Waals surface area contributed by atoms with Crippen LogP contribution in [0.25, 0.3) is 0 Å². The Morgan fingerprint density at radius 3 is 1.63 bits per heavy atom. The van der Waals surface area contributed by atoms with Gasteiger partial charge in [-0.3, -0.25) is 0 Å². The van der Waals surface area contributed by atoms with E-state index in [9.17, 15) is 25.3 Å². The Hall–Kier alpha value is -2.27. The molecule has 0 heterocycles. The minimum absolute atomic E-state index is 0.0147. The van der Waals surface area contributed by atoms with E-state index in [4.69, 9.17) is 0 Å².